The molecule has 9 heteroatoms. The number of anilines is 1. The van der Waals surface area contributed by atoms with Crippen LogP contribution in [0, 0.1) is 11.6 Å². The molecule has 120 valence electrons. The molecule has 7 nitrogen and oxygen atoms in total. The molecule has 0 unspecified atom stereocenters. The van der Waals surface area contributed by atoms with Gasteiger partial charge in [0.05, 0.1) is 5.69 Å². The highest BCUT2D eigenvalue weighted by molar-refractivity contribution is 5.94. The second kappa shape index (κ2) is 6.77. The Morgan fingerprint density at radius 1 is 1.26 bits per heavy atom. The molecule has 23 heavy (non-hydrogen) atoms. The summed E-state index contributed by atoms with van der Waals surface area (Å²) >= 11 is 0. The van der Waals surface area contributed by atoms with Crippen molar-refractivity contribution in [3.05, 3.63) is 58.0 Å². The lowest BCUT2D eigenvalue weighted by atomic mass is 10.3. The largest absolute Gasteiger partial charge is 0.451 e. The van der Waals surface area contributed by atoms with Gasteiger partial charge in [-0.25, -0.2) is 18.3 Å². The minimum atomic E-state index is -0.935. The number of aromatic nitrogens is 2. The summed E-state index contributed by atoms with van der Waals surface area (Å²) in [5.74, 6) is -3.35. The lowest BCUT2D eigenvalue weighted by molar-refractivity contribution is -0.119. The Balaban J connectivity index is 1.96. The molecule has 0 aliphatic carbocycles. The van der Waals surface area contributed by atoms with Gasteiger partial charge in [0.2, 0.25) is 0 Å². The molecule has 0 bridgehead atoms. The highest BCUT2D eigenvalue weighted by Gasteiger charge is 2.14. The van der Waals surface area contributed by atoms with E-state index in [9.17, 15) is 23.2 Å². The van der Waals surface area contributed by atoms with Crippen LogP contribution >= 0.6 is 0 Å². The van der Waals surface area contributed by atoms with Crippen molar-refractivity contribution >= 4 is 17.6 Å². The second-order valence-corrected chi connectivity index (χ2v) is 4.43. The van der Waals surface area contributed by atoms with E-state index in [1.807, 2.05) is 0 Å². The van der Waals surface area contributed by atoms with E-state index in [0.717, 1.165) is 35.0 Å². The van der Waals surface area contributed by atoms with Gasteiger partial charge in [-0.2, -0.15) is 5.10 Å². The van der Waals surface area contributed by atoms with Gasteiger partial charge < -0.3 is 10.1 Å². The van der Waals surface area contributed by atoms with E-state index >= 15 is 0 Å². The smallest absolute Gasteiger partial charge is 0.359 e. The summed E-state index contributed by atoms with van der Waals surface area (Å²) in [6.45, 7) is -0.723. The van der Waals surface area contributed by atoms with E-state index in [0.29, 0.717) is 0 Å². The van der Waals surface area contributed by atoms with Crippen molar-refractivity contribution in [3.63, 3.8) is 0 Å². The molecule has 0 aliphatic rings. The van der Waals surface area contributed by atoms with Crippen molar-refractivity contribution in [2.45, 2.75) is 0 Å². The zero-order valence-corrected chi connectivity index (χ0v) is 11.9. The van der Waals surface area contributed by atoms with Gasteiger partial charge in [0.1, 0.15) is 11.6 Å². The minimum absolute atomic E-state index is 0.170. The van der Waals surface area contributed by atoms with Gasteiger partial charge in [-0.1, -0.05) is 0 Å². The zero-order chi connectivity index (χ0) is 17.0. The molecule has 1 aromatic carbocycles. The lowest BCUT2D eigenvalue weighted by Crippen LogP contribution is -2.25. The van der Waals surface area contributed by atoms with Gasteiger partial charge in [-0.05, 0) is 18.2 Å². The maximum atomic E-state index is 13.3. The first-order chi connectivity index (χ1) is 10.9. The Bertz CT molecular complexity index is 820. The van der Waals surface area contributed by atoms with Crippen LogP contribution in [0.1, 0.15) is 10.5 Å². The average molecular weight is 323 g/mol. The number of carbonyl (C=O) groups excluding carboxylic acids is 2. The summed E-state index contributed by atoms with van der Waals surface area (Å²) in [5.41, 5.74) is -0.955. The zero-order valence-electron chi connectivity index (χ0n) is 11.9. The fraction of sp³-hybridized carbons (Fsp3) is 0.143. The molecule has 0 fully saturated rings. The van der Waals surface area contributed by atoms with Crippen LogP contribution in [-0.2, 0) is 16.6 Å². The molecular weight excluding hydrogens is 312 g/mol. The van der Waals surface area contributed by atoms with Crippen LogP contribution in [-0.4, -0.2) is 28.3 Å². The summed E-state index contributed by atoms with van der Waals surface area (Å²) < 4.78 is 31.9. The number of ether oxygens (including phenoxy) is 1. The highest BCUT2D eigenvalue weighted by Crippen LogP contribution is 2.15. The number of amides is 1. The van der Waals surface area contributed by atoms with Crippen molar-refractivity contribution in [1.29, 1.82) is 0 Å². The van der Waals surface area contributed by atoms with Gasteiger partial charge in [0.15, 0.2) is 12.3 Å². The van der Waals surface area contributed by atoms with Gasteiger partial charge in [-0.15, -0.1) is 0 Å². The van der Waals surface area contributed by atoms with E-state index in [1.54, 1.807) is 0 Å². The molecule has 2 rings (SSSR count). The molecule has 1 aromatic heterocycles. The first-order valence-corrected chi connectivity index (χ1v) is 6.33. The lowest BCUT2D eigenvalue weighted by Gasteiger charge is -2.07. The Morgan fingerprint density at radius 3 is 2.70 bits per heavy atom. The van der Waals surface area contributed by atoms with Crippen LogP contribution in [0.15, 0.2) is 35.1 Å². The molecule has 0 radical (unpaired) electrons. The number of nitrogens with zero attached hydrogens (tertiary/aromatic N) is 2. The van der Waals surface area contributed by atoms with Crippen molar-refractivity contribution in [2.75, 3.05) is 11.9 Å². The topological polar surface area (TPSA) is 90.3 Å². The first kappa shape index (κ1) is 16.3. The number of esters is 1. The summed E-state index contributed by atoms with van der Waals surface area (Å²) in [7, 11) is 1.35. The maximum absolute atomic E-state index is 13.3. The van der Waals surface area contributed by atoms with Crippen LogP contribution < -0.4 is 10.9 Å². The molecule has 1 heterocycles. The maximum Gasteiger partial charge on any atom is 0.359 e. The monoisotopic (exact) mass is 323 g/mol. The van der Waals surface area contributed by atoms with E-state index in [4.69, 9.17) is 0 Å². The average Bonchev–Trinajstić information content (AvgIpc) is 2.51. The molecule has 1 N–H and O–H groups in total. The van der Waals surface area contributed by atoms with Gasteiger partial charge in [0.25, 0.3) is 11.5 Å². The number of benzene rings is 1. The second-order valence-electron chi connectivity index (χ2n) is 4.43. The van der Waals surface area contributed by atoms with E-state index in [-0.39, 0.29) is 11.4 Å². The summed E-state index contributed by atoms with van der Waals surface area (Å²) in [6.07, 6.45) is 0. The van der Waals surface area contributed by atoms with E-state index < -0.39 is 35.7 Å². The fourth-order valence-corrected chi connectivity index (χ4v) is 1.60. The Hall–Kier alpha value is -3.10. The Labute approximate surface area is 128 Å². The molecule has 0 saturated carbocycles. The Morgan fingerprint density at radius 2 is 2.00 bits per heavy atom. The molecule has 1 amide bonds. The van der Waals surface area contributed by atoms with Gasteiger partial charge >= 0.3 is 5.97 Å². The van der Waals surface area contributed by atoms with Crippen LogP contribution in [0.2, 0.25) is 0 Å². The predicted octanol–water partition coefficient (Wildman–Crippen LogP) is 0.854. The quantitative estimate of drug-likeness (QED) is 0.843. The number of aryl methyl sites for hydroxylation is 1. The van der Waals surface area contributed by atoms with Crippen molar-refractivity contribution < 1.29 is 23.1 Å². The van der Waals surface area contributed by atoms with Crippen LogP contribution in [0.4, 0.5) is 14.5 Å². The van der Waals surface area contributed by atoms with Crippen molar-refractivity contribution in [3.8, 4) is 0 Å². The van der Waals surface area contributed by atoms with Gasteiger partial charge in [0, 0.05) is 19.2 Å². The van der Waals surface area contributed by atoms with E-state index in [1.165, 1.54) is 7.05 Å². The molecule has 0 atom stereocenters. The molecule has 2 aromatic rings. The highest BCUT2D eigenvalue weighted by atomic mass is 19.1. The number of halogens is 2. The van der Waals surface area contributed by atoms with Crippen LogP contribution in [0.5, 0.6) is 0 Å². The number of rotatable bonds is 4. The minimum Gasteiger partial charge on any atom is -0.451 e. The summed E-state index contributed by atoms with van der Waals surface area (Å²) in [5, 5.41) is 5.72. The van der Waals surface area contributed by atoms with Crippen LogP contribution in [0.25, 0.3) is 0 Å². The number of nitrogens with one attached hydrogen (secondary N) is 1. The van der Waals surface area contributed by atoms with E-state index in [2.05, 4.69) is 15.2 Å². The molecular formula is C14H11F2N3O4. The predicted molar refractivity (Wildman–Crippen MR) is 74.7 cm³/mol. The van der Waals surface area contributed by atoms with Crippen molar-refractivity contribution in [2.24, 2.45) is 7.05 Å². The third-order valence-corrected chi connectivity index (χ3v) is 2.71. The molecule has 0 spiro atoms. The van der Waals surface area contributed by atoms with Gasteiger partial charge in [-0.3, -0.25) is 9.59 Å². The molecule has 0 saturated heterocycles. The number of hydrogen-bond donors (Lipinski definition) is 1. The normalized spacial score (nSPS) is 10.2. The fourth-order valence-electron chi connectivity index (χ4n) is 1.60. The Kier molecular flexibility index (Phi) is 4.79. The number of hydrogen-bond acceptors (Lipinski definition) is 5. The third-order valence-electron chi connectivity index (χ3n) is 2.71. The summed E-state index contributed by atoms with van der Waals surface area (Å²) in [6, 6.07) is 4.81. The SMILES string of the molecule is Cn1nc(C(=O)OCC(=O)Nc2cc(F)ccc2F)ccc1=O. The third kappa shape index (κ3) is 4.19. The number of carbonyl (C=O) groups is 2. The molecule has 0 aliphatic heterocycles. The van der Waals surface area contributed by atoms with Crippen LogP contribution in [0.3, 0.4) is 0 Å². The summed E-state index contributed by atoms with van der Waals surface area (Å²) in [4.78, 5) is 34.4. The first-order valence-electron chi connectivity index (χ1n) is 6.33. The van der Waals surface area contributed by atoms with Crippen molar-refractivity contribution in [1.82, 2.24) is 9.78 Å². The standard InChI is InChI=1S/C14H11F2N3O4/c1-19-13(21)5-4-10(18-19)14(22)23-7-12(20)17-11-6-8(15)2-3-9(11)16/h2-6H,7H2,1H3,(H,17,20).